The van der Waals surface area contributed by atoms with Gasteiger partial charge in [0.1, 0.15) is 5.75 Å². The smallest absolute Gasteiger partial charge is 0.135 e. The van der Waals surface area contributed by atoms with Crippen LogP contribution in [0.15, 0.2) is 22.7 Å². The van der Waals surface area contributed by atoms with Crippen LogP contribution in [0.3, 0.4) is 0 Å². The molecule has 0 radical (unpaired) electrons. The standard InChI is InChI=1S/C11H8BrNO/c1-14-11-8-10(12)6-5-9(11)4-2-3-7-13/h5-6,8H,3H2,1H3. The molecular formula is C11H8BrNO. The van der Waals surface area contributed by atoms with Crippen LogP contribution in [-0.2, 0) is 0 Å². The van der Waals surface area contributed by atoms with Gasteiger partial charge in [-0.05, 0) is 18.2 Å². The van der Waals surface area contributed by atoms with Gasteiger partial charge in [-0.2, -0.15) is 5.26 Å². The van der Waals surface area contributed by atoms with E-state index in [9.17, 15) is 0 Å². The van der Waals surface area contributed by atoms with E-state index < -0.39 is 0 Å². The molecule has 14 heavy (non-hydrogen) atoms. The normalized spacial score (nSPS) is 8.36. The third kappa shape index (κ3) is 2.80. The third-order valence-electron chi connectivity index (χ3n) is 1.55. The van der Waals surface area contributed by atoms with Crippen molar-refractivity contribution in [1.29, 1.82) is 5.26 Å². The molecule has 70 valence electrons. The Hall–Kier alpha value is -1.45. The van der Waals surface area contributed by atoms with Gasteiger partial charge >= 0.3 is 0 Å². The van der Waals surface area contributed by atoms with Crippen molar-refractivity contribution in [2.75, 3.05) is 7.11 Å². The van der Waals surface area contributed by atoms with Gasteiger partial charge in [-0.15, -0.1) is 0 Å². The summed E-state index contributed by atoms with van der Waals surface area (Å²) in [6, 6.07) is 7.55. The van der Waals surface area contributed by atoms with Crippen LogP contribution in [0.1, 0.15) is 12.0 Å². The molecule has 0 N–H and O–H groups in total. The summed E-state index contributed by atoms with van der Waals surface area (Å²) in [5.74, 6) is 6.33. The Morgan fingerprint density at radius 1 is 1.50 bits per heavy atom. The molecular weight excluding hydrogens is 242 g/mol. The molecule has 0 saturated heterocycles. The maximum Gasteiger partial charge on any atom is 0.135 e. The van der Waals surface area contributed by atoms with Gasteiger partial charge in [-0.1, -0.05) is 27.8 Å². The molecule has 0 atom stereocenters. The Bertz CT molecular complexity index is 423. The van der Waals surface area contributed by atoms with Crippen LogP contribution in [0.25, 0.3) is 0 Å². The van der Waals surface area contributed by atoms with Crippen molar-refractivity contribution in [3.63, 3.8) is 0 Å². The summed E-state index contributed by atoms with van der Waals surface area (Å²) in [6.07, 6.45) is 0.235. The lowest BCUT2D eigenvalue weighted by atomic mass is 10.2. The molecule has 0 heterocycles. The van der Waals surface area contributed by atoms with Gasteiger partial charge in [0.15, 0.2) is 0 Å². The van der Waals surface area contributed by atoms with E-state index >= 15 is 0 Å². The minimum absolute atomic E-state index is 0.235. The fourth-order valence-electron chi connectivity index (χ4n) is 0.947. The molecule has 0 aliphatic heterocycles. The highest BCUT2D eigenvalue weighted by atomic mass is 79.9. The molecule has 0 amide bonds. The number of hydrogen-bond acceptors (Lipinski definition) is 2. The molecule has 1 aromatic rings. The average molecular weight is 250 g/mol. The highest BCUT2D eigenvalue weighted by molar-refractivity contribution is 9.10. The zero-order valence-corrected chi connectivity index (χ0v) is 9.26. The fourth-order valence-corrected chi connectivity index (χ4v) is 1.29. The summed E-state index contributed by atoms with van der Waals surface area (Å²) in [7, 11) is 1.59. The maximum absolute atomic E-state index is 8.32. The van der Waals surface area contributed by atoms with E-state index in [1.165, 1.54) is 0 Å². The van der Waals surface area contributed by atoms with Crippen molar-refractivity contribution in [3.8, 4) is 23.7 Å². The summed E-state index contributed by atoms with van der Waals surface area (Å²) in [5, 5.41) is 8.32. The first-order chi connectivity index (χ1) is 6.77. The molecule has 0 bridgehead atoms. The van der Waals surface area contributed by atoms with Gasteiger partial charge in [0, 0.05) is 4.47 Å². The predicted octanol–water partition coefficient (Wildman–Crippen LogP) is 2.72. The average Bonchev–Trinajstić information content (AvgIpc) is 2.20. The quantitative estimate of drug-likeness (QED) is 0.718. The summed E-state index contributed by atoms with van der Waals surface area (Å²) in [4.78, 5) is 0. The summed E-state index contributed by atoms with van der Waals surface area (Å²) in [6.45, 7) is 0. The van der Waals surface area contributed by atoms with Crippen LogP contribution >= 0.6 is 15.9 Å². The van der Waals surface area contributed by atoms with E-state index in [2.05, 4.69) is 27.8 Å². The highest BCUT2D eigenvalue weighted by Gasteiger charge is 1.99. The molecule has 0 fully saturated rings. The first kappa shape index (κ1) is 10.6. The topological polar surface area (TPSA) is 33.0 Å². The SMILES string of the molecule is COc1cc(Br)ccc1C#CCC#N. The van der Waals surface area contributed by atoms with Gasteiger partial charge in [-0.3, -0.25) is 0 Å². The summed E-state index contributed by atoms with van der Waals surface area (Å²) in [5.41, 5.74) is 0.797. The Morgan fingerprint density at radius 2 is 2.29 bits per heavy atom. The lowest BCUT2D eigenvalue weighted by Crippen LogP contribution is -1.87. The van der Waals surface area contributed by atoms with Crippen molar-refractivity contribution in [2.24, 2.45) is 0 Å². The lowest BCUT2D eigenvalue weighted by Gasteiger charge is -2.02. The third-order valence-corrected chi connectivity index (χ3v) is 2.05. The second kappa shape index (κ2) is 5.32. The number of nitrogens with zero attached hydrogens (tertiary/aromatic N) is 1. The van der Waals surface area contributed by atoms with Gasteiger partial charge < -0.3 is 4.74 Å². The van der Waals surface area contributed by atoms with E-state index in [-0.39, 0.29) is 6.42 Å². The molecule has 0 unspecified atom stereocenters. The number of halogens is 1. The van der Waals surface area contributed by atoms with Crippen molar-refractivity contribution < 1.29 is 4.74 Å². The molecule has 0 spiro atoms. The molecule has 0 aliphatic rings. The molecule has 0 aromatic heterocycles. The number of benzene rings is 1. The number of nitriles is 1. The number of ether oxygens (including phenoxy) is 1. The number of rotatable bonds is 1. The van der Waals surface area contributed by atoms with Crippen molar-refractivity contribution in [1.82, 2.24) is 0 Å². The Morgan fingerprint density at radius 3 is 2.93 bits per heavy atom. The van der Waals surface area contributed by atoms with Crippen LogP contribution in [0.2, 0.25) is 0 Å². The minimum atomic E-state index is 0.235. The van der Waals surface area contributed by atoms with Crippen LogP contribution in [0, 0.1) is 23.2 Å². The largest absolute Gasteiger partial charge is 0.495 e. The molecule has 2 nitrogen and oxygen atoms in total. The molecule has 0 saturated carbocycles. The molecule has 1 aromatic carbocycles. The Labute approximate surface area is 91.6 Å². The maximum atomic E-state index is 8.32. The minimum Gasteiger partial charge on any atom is -0.495 e. The van der Waals surface area contributed by atoms with Crippen LogP contribution in [0.4, 0.5) is 0 Å². The molecule has 1 rings (SSSR count). The number of methoxy groups -OCH3 is 1. The van der Waals surface area contributed by atoms with E-state index in [0.717, 1.165) is 10.0 Å². The van der Waals surface area contributed by atoms with Crippen molar-refractivity contribution in [2.45, 2.75) is 6.42 Å². The van der Waals surface area contributed by atoms with Gasteiger partial charge in [0.05, 0.1) is 25.2 Å². The van der Waals surface area contributed by atoms with Crippen molar-refractivity contribution >= 4 is 15.9 Å². The first-order valence-corrected chi connectivity index (χ1v) is 4.76. The molecule has 0 aliphatic carbocycles. The zero-order chi connectivity index (χ0) is 10.4. The summed E-state index contributed by atoms with van der Waals surface area (Å²) < 4.78 is 6.09. The van der Waals surface area contributed by atoms with Crippen molar-refractivity contribution in [3.05, 3.63) is 28.2 Å². The second-order valence-corrected chi connectivity index (χ2v) is 3.40. The van der Waals surface area contributed by atoms with Gasteiger partial charge in [0.25, 0.3) is 0 Å². The van der Waals surface area contributed by atoms with E-state index in [4.69, 9.17) is 10.00 Å². The fraction of sp³-hybridized carbons (Fsp3) is 0.182. The number of hydrogen-bond donors (Lipinski definition) is 0. The van der Waals surface area contributed by atoms with Gasteiger partial charge in [-0.25, -0.2) is 0 Å². The lowest BCUT2D eigenvalue weighted by molar-refractivity contribution is 0.413. The second-order valence-electron chi connectivity index (χ2n) is 2.48. The van der Waals surface area contributed by atoms with E-state index in [1.54, 1.807) is 7.11 Å². The van der Waals surface area contributed by atoms with E-state index in [1.807, 2.05) is 24.3 Å². The van der Waals surface area contributed by atoms with Crippen LogP contribution in [0.5, 0.6) is 5.75 Å². The molecule has 3 heteroatoms. The van der Waals surface area contributed by atoms with Gasteiger partial charge in [0.2, 0.25) is 0 Å². The monoisotopic (exact) mass is 249 g/mol. The Balaban J connectivity index is 2.99. The zero-order valence-electron chi connectivity index (χ0n) is 7.67. The van der Waals surface area contributed by atoms with Crippen LogP contribution < -0.4 is 4.74 Å². The Kier molecular flexibility index (Phi) is 4.04. The predicted molar refractivity (Wildman–Crippen MR) is 57.8 cm³/mol. The first-order valence-electron chi connectivity index (χ1n) is 3.97. The van der Waals surface area contributed by atoms with Crippen LogP contribution in [-0.4, -0.2) is 7.11 Å². The summed E-state index contributed by atoms with van der Waals surface area (Å²) >= 11 is 3.34. The van der Waals surface area contributed by atoms with E-state index in [0.29, 0.717) is 5.75 Å². The highest BCUT2D eigenvalue weighted by Crippen LogP contribution is 2.22.